The number of rotatable bonds is 2. The summed E-state index contributed by atoms with van der Waals surface area (Å²) in [5.41, 5.74) is 7.42. The Morgan fingerprint density at radius 1 is 1.53 bits per heavy atom. The number of nitrogens with zero attached hydrogens (tertiary/aromatic N) is 1. The van der Waals surface area contributed by atoms with Crippen LogP contribution in [0.15, 0.2) is 28.9 Å². The summed E-state index contributed by atoms with van der Waals surface area (Å²) in [5.74, 6) is 0. The smallest absolute Gasteiger partial charge is 0.0912 e. The van der Waals surface area contributed by atoms with Gasteiger partial charge in [-0.05, 0) is 33.6 Å². The molecule has 0 aliphatic carbocycles. The first-order valence-corrected chi connectivity index (χ1v) is 5.55. The predicted octanol–water partition coefficient (Wildman–Crippen LogP) is 1.93. The third-order valence-corrected chi connectivity index (χ3v) is 3.20. The molecule has 1 unspecified atom stereocenters. The Labute approximate surface area is 96.6 Å². The summed E-state index contributed by atoms with van der Waals surface area (Å²) in [4.78, 5) is 0. The Bertz CT molecular complexity index is 493. The van der Waals surface area contributed by atoms with E-state index in [1.807, 2.05) is 36.0 Å². The highest BCUT2D eigenvalue weighted by molar-refractivity contribution is 9.10. The Morgan fingerprint density at radius 2 is 2.27 bits per heavy atom. The molecule has 3 N–H and O–H groups in total. The zero-order valence-electron chi connectivity index (χ0n) is 8.44. The van der Waals surface area contributed by atoms with Gasteiger partial charge in [0, 0.05) is 35.2 Å². The Hall–Kier alpha value is -0.840. The lowest BCUT2D eigenvalue weighted by Crippen LogP contribution is -2.11. The number of nitrogens with two attached hydrogens (primary N) is 1. The van der Waals surface area contributed by atoms with Crippen molar-refractivity contribution in [3.63, 3.8) is 0 Å². The highest BCUT2D eigenvalue weighted by Gasteiger charge is 2.09. The van der Waals surface area contributed by atoms with E-state index in [2.05, 4.69) is 15.9 Å². The molecule has 0 aliphatic rings. The monoisotopic (exact) mass is 268 g/mol. The SMILES string of the molecule is Cn1cc(Br)c2cc(C(O)CN)ccc21. The van der Waals surface area contributed by atoms with Crippen LogP contribution >= 0.6 is 15.9 Å². The lowest BCUT2D eigenvalue weighted by molar-refractivity contribution is 0.187. The fourth-order valence-corrected chi connectivity index (χ4v) is 2.33. The van der Waals surface area contributed by atoms with E-state index >= 15 is 0 Å². The van der Waals surface area contributed by atoms with Gasteiger partial charge in [-0.3, -0.25) is 0 Å². The van der Waals surface area contributed by atoms with Gasteiger partial charge in [0.15, 0.2) is 0 Å². The molecule has 1 heterocycles. The number of halogens is 1. The summed E-state index contributed by atoms with van der Waals surface area (Å²) >= 11 is 3.49. The molecule has 2 rings (SSSR count). The van der Waals surface area contributed by atoms with Crippen LogP contribution in [0.1, 0.15) is 11.7 Å². The van der Waals surface area contributed by atoms with Gasteiger partial charge in [0.2, 0.25) is 0 Å². The molecule has 1 aromatic heterocycles. The van der Waals surface area contributed by atoms with Crippen molar-refractivity contribution in [1.82, 2.24) is 4.57 Å². The third-order valence-electron chi connectivity index (χ3n) is 2.57. The maximum Gasteiger partial charge on any atom is 0.0912 e. The second kappa shape index (κ2) is 3.96. The van der Waals surface area contributed by atoms with Crippen LogP contribution in [-0.4, -0.2) is 16.2 Å². The van der Waals surface area contributed by atoms with E-state index in [1.165, 1.54) is 0 Å². The number of hydrogen-bond donors (Lipinski definition) is 2. The maximum atomic E-state index is 9.64. The molecule has 0 spiro atoms. The molecule has 1 atom stereocenters. The van der Waals surface area contributed by atoms with Crippen LogP contribution in [0.2, 0.25) is 0 Å². The van der Waals surface area contributed by atoms with Gasteiger partial charge >= 0.3 is 0 Å². The fourth-order valence-electron chi connectivity index (χ4n) is 1.70. The first-order chi connectivity index (χ1) is 7.13. The Balaban J connectivity index is 2.60. The molecule has 0 saturated heterocycles. The minimum Gasteiger partial charge on any atom is -0.387 e. The molecule has 80 valence electrons. The number of aryl methyl sites for hydroxylation is 1. The van der Waals surface area contributed by atoms with E-state index in [-0.39, 0.29) is 6.54 Å². The average Bonchev–Trinajstić information content (AvgIpc) is 2.53. The van der Waals surface area contributed by atoms with Gasteiger partial charge in [-0.25, -0.2) is 0 Å². The zero-order valence-corrected chi connectivity index (χ0v) is 10.0. The van der Waals surface area contributed by atoms with Crippen molar-refractivity contribution in [2.45, 2.75) is 6.10 Å². The van der Waals surface area contributed by atoms with E-state index < -0.39 is 6.10 Å². The van der Waals surface area contributed by atoms with Gasteiger partial charge < -0.3 is 15.4 Å². The highest BCUT2D eigenvalue weighted by Crippen LogP contribution is 2.28. The topological polar surface area (TPSA) is 51.2 Å². The molecular formula is C11H13BrN2O. The minimum atomic E-state index is -0.582. The molecule has 2 aromatic rings. The van der Waals surface area contributed by atoms with Gasteiger partial charge in [0.05, 0.1) is 6.10 Å². The summed E-state index contributed by atoms with van der Waals surface area (Å²) in [5, 5.41) is 10.7. The van der Waals surface area contributed by atoms with Crippen molar-refractivity contribution >= 4 is 26.8 Å². The predicted molar refractivity (Wildman–Crippen MR) is 64.6 cm³/mol. The molecule has 1 aromatic carbocycles. The van der Waals surface area contributed by atoms with Gasteiger partial charge in [-0.15, -0.1) is 0 Å². The van der Waals surface area contributed by atoms with Gasteiger partial charge in [0.1, 0.15) is 0 Å². The number of hydrogen-bond acceptors (Lipinski definition) is 2. The van der Waals surface area contributed by atoms with Gasteiger partial charge in [-0.2, -0.15) is 0 Å². The van der Waals surface area contributed by atoms with Crippen molar-refractivity contribution < 1.29 is 5.11 Å². The fraction of sp³-hybridized carbons (Fsp3) is 0.273. The lowest BCUT2D eigenvalue weighted by atomic mass is 10.1. The quantitative estimate of drug-likeness (QED) is 0.875. The van der Waals surface area contributed by atoms with Crippen LogP contribution in [-0.2, 0) is 7.05 Å². The summed E-state index contributed by atoms with van der Waals surface area (Å²) in [6.07, 6.45) is 1.42. The normalized spacial score (nSPS) is 13.3. The number of aliphatic hydroxyl groups is 1. The van der Waals surface area contributed by atoms with E-state index in [0.717, 1.165) is 20.9 Å². The Morgan fingerprint density at radius 3 is 2.93 bits per heavy atom. The van der Waals surface area contributed by atoms with Gasteiger partial charge in [0.25, 0.3) is 0 Å². The average molecular weight is 269 g/mol. The van der Waals surface area contributed by atoms with Crippen LogP contribution in [0.3, 0.4) is 0 Å². The summed E-state index contributed by atoms with van der Waals surface area (Å²) < 4.78 is 3.07. The van der Waals surface area contributed by atoms with Gasteiger partial charge in [-0.1, -0.05) is 6.07 Å². The van der Waals surface area contributed by atoms with Crippen molar-refractivity contribution in [1.29, 1.82) is 0 Å². The summed E-state index contributed by atoms with van der Waals surface area (Å²) in [6.45, 7) is 0.246. The number of fused-ring (bicyclic) bond motifs is 1. The Kier molecular flexibility index (Phi) is 2.82. The molecule has 15 heavy (non-hydrogen) atoms. The van der Waals surface area contributed by atoms with Crippen LogP contribution < -0.4 is 5.73 Å². The van der Waals surface area contributed by atoms with Crippen molar-refractivity contribution in [3.05, 3.63) is 34.4 Å². The summed E-state index contributed by atoms with van der Waals surface area (Å²) in [7, 11) is 1.99. The summed E-state index contributed by atoms with van der Waals surface area (Å²) in [6, 6.07) is 5.87. The van der Waals surface area contributed by atoms with Crippen LogP contribution in [0.25, 0.3) is 10.9 Å². The number of aromatic nitrogens is 1. The number of benzene rings is 1. The second-order valence-corrected chi connectivity index (χ2v) is 4.47. The van der Waals surface area contributed by atoms with E-state index in [0.29, 0.717) is 0 Å². The molecule has 0 amide bonds. The van der Waals surface area contributed by atoms with Crippen LogP contribution in [0.4, 0.5) is 0 Å². The standard InChI is InChI=1S/C11H13BrN2O/c1-14-6-9(12)8-4-7(11(15)5-13)2-3-10(8)14/h2-4,6,11,15H,5,13H2,1H3. The van der Waals surface area contributed by atoms with Crippen molar-refractivity contribution in [2.75, 3.05) is 6.54 Å². The largest absolute Gasteiger partial charge is 0.387 e. The van der Waals surface area contributed by atoms with Crippen LogP contribution in [0, 0.1) is 0 Å². The van der Waals surface area contributed by atoms with Crippen LogP contribution in [0.5, 0.6) is 0 Å². The molecule has 0 radical (unpaired) electrons. The lowest BCUT2D eigenvalue weighted by Gasteiger charge is -2.08. The molecular weight excluding hydrogens is 256 g/mol. The second-order valence-electron chi connectivity index (χ2n) is 3.62. The maximum absolute atomic E-state index is 9.64. The molecule has 0 saturated carbocycles. The van der Waals surface area contributed by atoms with E-state index in [1.54, 1.807) is 0 Å². The highest BCUT2D eigenvalue weighted by atomic mass is 79.9. The number of aliphatic hydroxyl groups excluding tert-OH is 1. The molecule has 4 heteroatoms. The molecule has 0 aliphatic heterocycles. The van der Waals surface area contributed by atoms with E-state index in [9.17, 15) is 5.11 Å². The first kappa shape index (κ1) is 10.7. The first-order valence-electron chi connectivity index (χ1n) is 4.76. The molecule has 3 nitrogen and oxygen atoms in total. The molecule has 0 bridgehead atoms. The molecule has 0 fully saturated rings. The van der Waals surface area contributed by atoms with Crippen molar-refractivity contribution in [2.24, 2.45) is 12.8 Å². The minimum absolute atomic E-state index is 0.246. The van der Waals surface area contributed by atoms with Crippen molar-refractivity contribution in [3.8, 4) is 0 Å². The third kappa shape index (κ3) is 1.80. The van der Waals surface area contributed by atoms with E-state index in [4.69, 9.17) is 5.73 Å². The zero-order chi connectivity index (χ0) is 11.0.